The Hall–Kier alpha value is -3.79. The van der Waals surface area contributed by atoms with Crippen molar-refractivity contribution in [3.05, 3.63) is 83.4 Å². The van der Waals surface area contributed by atoms with Crippen LogP contribution in [0.5, 0.6) is 23.0 Å². The van der Waals surface area contributed by atoms with Gasteiger partial charge in [0.25, 0.3) is 0 Å². The summed E-state index contributed by atoms with van der Waals surface area (Å²) in [6.07, 6.45) is -1.62. The fraction of sp³-hybridized carbons (Fsp3) is 0.345. The summed E-state index contributed by atoms with van der Waals surface area (Å²) >= 11 is 0. The first kappa shape index (κ1) is 25.8. The highest BCUT2D eigenvalue weighted by atomic mass is 16.6. The second-order valence-electron chi connectivity index (χ2n) is 9.35. The largest absolute Gasteiger partial charge is 0.497 e. The Morgan fingerprint density at radius 2 is 1.71 bits per heavy atom. The number of esters is 1. The van der Waals surface area contributed by atoms with Crippen LogP contribution >= 0.6 is 0 Å². The molecule has 0 spiro atoms. The van der Waals surface area contributed by atoms with E-state index in [0.29, 0.717) is 29.2 Å². The van der Waals surface area contributed by atoms with Gasteiger partial charge in [0, 0.05) is 24.6 Å². The summed E-state index contributed by atoms with van der Waals surface area (Å²) in [6, 6.07) is 19.4. The normalized spacial score (nSPS) is 27.2. The summed E-state index contributed by atoms with van der Waals surface area (Å²) in [5.74, 6) is -1.17. The minimum Gasteiger partial charge on any atom is -0.497 e. The maximum absolute atomic E-state index is 13.3. The van der Waals surface area contributed by atoms with Crippen LogP contribution in [0.15, 0.2) is 66.7 Å². The van der Waals surface area contributed by atoms with Gasteiger partial charge in [0.2, 0.25) is 0 Å². The topological polar surface area (TPSA) is 130 Å². The molecule has 38 heavy (non-hydrogen) atoms. The number of methoxy groups -OCH3 is 3. The van der Waals surface area contributed by atoms with Gasteiger partial charge in [-0.25, -0.2) is 0 Å². The molecule has 3 aromatic carbocycles. The Morgan fingerprint density at radius 1 is 1.00 bits per heavy atom. The molecule has 1 saturated carbocycles. The van der Waals surface area contributed by atoms with E-state index in [1.807, 2.05) is 30.3 Å². The second kappa shape index (κ2) is 9.83. The molecule has 1 heterocycles. The van der Waals surface area contributed by atoms with E-state index < -0.39 is 35.1 Å². The lowest BCUT2D eigenvalue weighted by Crippen LogP contribution is -2.52. The fourth-order valence-electron chi connectivity index (χ4n) is 6.04. The number of nitrogens with two attached hydrogens (primary N) is 1. The van der Waals surface area contributed by atoms with E-state index in [9.17, 15) is 15.0 Å². The maximum Gasteiger partial charge on any atom is 0.312 e. The predicted molar refractivity (Wildman–Crippen MR) is 137 cm³/mol. The maximum atomic E-state index is 13.3. The molecule has 4 N–H and O–H groups in total. The van der Waals surface area contributed by atoms with Gasteiger partial charge in [0.15, 0.2) is 11.2 Å². The van der Waals surface area contributed by atoms with E-state index in [1.54, 1.807) is 43.5 Å². The van der Waals surface area contributed by atoms with Crippen LogP contribution in [0, 0.1) is 5.92 Å². The number of aliphatic hydroxyl groups excluding tert-OH is 1. The summed E-state index contributed by atoms with van der Waals surface area (Å²) in [7, 11) is 4.26. The van der Waals surface area contributed by atoms with Crippen molar-refractivity contribution in [3.63, 3.8) is 0 Å². The van der Waals surface area contributed by atoms with Gasteiger partial charge in [-0.3, -0.25) is 4.79 Å². The van der Waals surface area contributed by atoms with Crippen LogP contribution in [-0.4, -0.2) is 56.8 Å². The number of carbonyl (C=O) groups excluding carboxylic acids is 1. The number of rotatable bonds is 8. The molecule has 1 fully saturated rings. The number of fused-ring (bicyclic) bond motifs is 3. The SMILES string of the molecule is COC(=O)[C@H]1[C@@H](O)[C@@]2(O)c3c(OC)cc(OCCN)cc3O[C@@]2(c2ccc(OC)cc2)[C@@H]1c1ccccc1. The Labute approximate surface area is 220 Å². The van der Waals surface area contributed by atoms with Gasteiger partial charge in [-0.1, -0.05) is 42.5 Å². The monoisotopic (exact) mass is 521 g/mol. The average Bonchev–Trinajstić information content (AvgIpc) is 3.33. The molecular formula is C29H31NO8. The summed E-state index contributed by atoms with van der Waals surface area (Å²) in [5, 5.41) is 24.7. The standard InChI is InChI=1S/C29H31NO8/c1-34-19-11-9-18(10-12-19)29-24(17-7-5-4-6-8-17)23(27(32)36-3)26(31)28(29,33)25-21(35-2)15-20(37-14-13-30)16-22(25)38-29/h4-12,15-16,23-24,26,31,33H,13-14,30H2,1-3H3/t23-,24-,26-,28+,29+/m1/s1. The van der Waals surface area contributed by atoms with Crippen LogP contribution in [0.3, 0.4) is 0 Å². The van der Waals surface area contributed by atoms with Crippen LogP contribution < -0.4 is 24.7 Å². The van der Waals surface area contributed by atoms with Crippen molar-refractivity contribution in [1.82, 2.24) is 0 Å². The summed E-state index contributed by atoms with van der Waals surface area (Å²) in [5.41, 5.74) is 3.28. The molecule has 5 atom stereocenters. The molecule has 5 rings (SSSR count). The Bertz CT molecular complexity index is 1310. The van der Waals surface area contributed by atoms with Crippen molar-refractivity contribution >= 4 is 5.97 Å². The summed E-state index contributed by atoms with van der Waals surface area (Å²) in [6.45, 7) is 0.561. The highest BCUT2D eigenvalue weighted by molar-refractivity contribution is 5.78. The molecule has 200 valence electrons. The van der Waals surface area contributed by atoms with E-state index in [2.05, 4.69) is 0 Å². The lowest BCUT2D eigenvalue weighted by molar-refractivity contribution is -0.161. The third-order valence-electron chi connectivity index (χ3n) is 7.58. The van der Waals surface area contributed by atoms with Gasteiger partial charge >= 0.3 is 5.97 Å². The number of ether oxygens (including phenoxy) is 5. The molecule has 0 radical (unpaired) electrons. The highest BCUT2D eigenvalue weighted by Crippen LogP contribution is 2.70. The van der Waals surface area contributed by atoms with Gasteiger partial charge < -0.3 is 39.6 Å². The van der Waals surface area contributed by atoms with Crippen molar-refractivity contribution in [2.75, 3.05) is 34.5 Å². The predicted octanol–water partition coefficient (Wildman–Crippen LogP) is 2.46. The van der Waals surface area contributed by atoms with Crippen LogP contribution in [0.4, 0.5) is 0 Å². The van der Waals surface area contributed by atoms with Gasteiger partial charge in [-0.15, -0.1) is 0 Å². The molecule has 0 amide bonds. The number of benzene rings is 3. The number of aliphatic hydroxyl groups is 2. The average molecular weight is 522 g/mol. The third kappa shape index (κ3) is 3.53. The fourth-order valence-corrected chi connectivity index (χ4v) is 6.04. The third-order valence-corrected chi connectivity index (χ3v) is 7.58. The molecule has 0 aromatic heterocycles. The van der Waals surface area contributed by atoms with Crippen molar-refractivity contribution in [3.8, 4) is 23.0 Å². The van der Waals surface area contributed by atoms with Gasteiger partial charge in [-0.05, 0) is 23.3 Å². The molecule has 0 saturated heterocycles. The van der Waals surface area contributed by atoms with Crippen molar-refractivity contribution < 1.29 is 38.7 Å². The van der Waals surface area contributed by atoms with Crippen LogP contribution in [0.25, 0.3) is 0 Å². The summed E-state index contributed by atoms with van der Waals surface area (Å²) in [4.78, 5) is 13.3. The Kier molecular flexibility index (Phi) is 6.68. The minimum atomic E-state index is -2.12. The first-order chi connectivity index (χ1) is 18.4. The number of carbonyl (C=O) groups is 1. The molecule has 2 aliphatic rings. The molecule has 1 aliphatic carbocycles. The first-order valence-corrected chi connectivity index (χ1v) is 12.3. The summed E-state index contributed by atoms with van der Waals surface area (Å²) < 4.78 is 28.7. The Morgan fingerprint density at radius 3 is 2.32 bits per heavy atom. The molecule has 9 nitrogen and oxygen atoms in total. The molecule has 1 aliphatic heterocycles. The number of hydrogen-bond donors (Lipinski definition) is 3. The zero-order chi connectivity index (χ0) is 27.1. The van der Waals surface area contributed by atoms with Gasteiger partial charge in [-0.2, -0.15) is 0 Å². The van der Waals surface area contributed by atoms with Crippen LogP contribution in [-0.2, 0) is 20.7 Å². The van der Waals surface area contributed by atoms with Crippen molar-refractivity contribution in [2.24, 2.45) is 11.7 Å². The van der Waals surface area contributed by atoms with E-state index >= 15 is 0 Å². The zero-order valence-corrected chi connectivity index (χ0v) is 21.4. The lowest BCUT2D eigenvalue weighted by atomic mass is 9.70. The van der Waals surface area contributed by atoms with Gasteiger partial charge in [0.05, 0.1) is 32.8 Å². The number of hydrogen-bond acceptors (Lipinski definition) is 9. The second-order valence-corrected chi connectivity index (χ2v) is 9.35. The Balaban J connectivity index is 1.84. The zero-order valence-electron chi connectivity index (χ0n) is 21.4. The smallest absolute Gasteiger partial charge is 0.312 e. The molecule has 0 unspecified atom stereocenters. The lowest BCUT2D eigenvalue weighted by Gasteiger charge is -2.40. The molecule has 0 bridgehead atoms. The molecular weight excluding hydrogens is 490 g/mol. The van der Waals surface area contributed by atoms with Crippen molar-refractivity contribution in [1.29, 1.82) is 0 Å². The van der Waals surface area contributed by atoms with E-state index in [1.165, 1.54) is 14.2 Å². The van der Waals surface area contributed by atoms with E-state index in [-0.39, 0.29) is 23.7 Å². The van der Waals surface area contributed by atoms with E-state index in [0.717, 1.165) is 0 Å². The highest BCUT2D eigenvalue weighted by Gasteiger charge is 2.78. The van der Waals surface area contributed by atoms with Crippen LogP contribution in [0.1, 0.15) is 22.6 Å². The van der Waals surface area contributed by atoms with E-state index in [4.69, 9.17) is 29.4 Å². The molecule has 9 heteroatoms. The quantitative estimate of drug-likeness (QED) is 0.383. The van der Waals surface area contributed by atoms with Crippen LogP contribution in [0.2, 0.25) is 0 Å². The van der Waals surface area contributed by atoms with Gasteiger partial charge in [0.1, 0.15) is 35.7 Å². The minimum absolute atomic E-state index is 0.218. The first-order valence-electron chi connectivity index (χ1n) is 12.3. The van der Waals surface area contributed by atoms with Crippen molar-refractivity contribution in [2.45, 2.75) is 23.2 Å². The molecule has 3 aromatic rings.